The van der Waals surface area contributed by atoms with Crippen molar-refractivity contribution in [1.29, 1.82) is 0 Å². The molecule has 0 saturated carbocycles. The third-order valence-corrected chi connectivity index (χ3v) is 4.23. The summed E-state index contributed by atoms with van der Waals surface area (Å²) < 4.78 is 79.6. The van der Waals surface area contributed by atoms with E-state index in [4.69, 9.17) is 0 Å². The highest BCUT2D eigenvalue weighted by Gasteiger charge is 2.37. The number of aromatic nitrogens is 2. The van der Waals surface area contributed by atoms with Gasteiger partial charge in [-0.2, -0.15) is 26.3 Å². The first-order chi connectivity index (χ1) is 13.4. The molecule has 1 amide bonds. The number of carbonyl (C=O) groups excluding carboxylic acids is 1. The van der Waals surface area contributed by atoms with Crippen LogP contribution in [0.25, 0.3) is 5.65 Å². The molecule has 1 N–H and O–H groups in total. The molecule has 0 aliphatic rings. The van der Waals surface area contributed by atoms with E-state index < -0.39 is 35.1 Å². The lowest BCUT2D eigenvalue weighted by molar-refractivity contribution is -0.143. The minimum absolute atomic E-state index is 0.00467. The van der Waals surface area contributed by atoms with Crippen LogP contribution in [0, 0.1) is 6.92 Å². The summed E-state index contributed by atoms with van der Waals surface area (Å²) >= 11 is 0. The second kappa shape index (κ2) is 7.09. The zero-order chi connectivity index (χ0) is 21.6. The van der Waals surface area contributed by atoms with Crippen LogP contribution in [0.3, 0.4) is 0 Å². The Balaban J connectivity index is 2.08. The number of amides is 1. The second-order valence-corrected chi connectivity index (χ2v) is 6.44. The molecule has 0 spiro atoms. The van der Waals surface area contributed by atoms with Gasteiger partial charge in [0.1, 0.15) is 11.3 Å². The number of nitrogens with one attached hydrogen (secondary N) is 1. The van der Waals surface area contributed by atoms with Crippen LogP contribution >= 0.6 is 0 Å². The van der Waals surface area contributed by atoms with E-state index in [-0.39, 0.29) is 11.8 Å². The summed E-state index contributed by atoms with van der Waals surface area (Å²) in [7, 11) is 0. The Hall–Kier alpha value is -3.04. The van der Waals surface area contributed by atoms with Crippen molar-refractivity contribution in [2.75, 3.05) is 5.32 Å². The molecule has 0 aliphatic heterocycles. The van der Waals surface area contributed by atoms with Crippen molar-refractivity contribution in [2.45, 2.75) is 32.6 Å². The molecule has 0 saturated heterocycles. The van der Waals surface area contributed by atoms with E-state index in [1.165, 1.54) is 4.40 Å². The van der Waals surface area contributed by atoms with Crippen LogP contribution in [-0.4, -0.2) is 15.3 Å². The number of rotatable bonds is 3. The number of alkyl halides is 6. The Morgan fingerprint density at radius 3 is 2.14 bits per heavy atom. The molecule has 0 radical (unpaired) electrons. The van der Waals surface area contributed by atoms with E-state index in [1.807, 2.05) is 0 Å². The van der Waals surface area contributed by atoms with Gasteiger partial charge in [-0.1, -0.05) is 13.0 Å². The van der Waals surface area contributed by atoms with Crippen LogP contribution in [0.15, 0.2) is 36.5 Å². The van der Waals surface area contributed by atoms with Gasteiger partial charge >= 0.3 is 12.4 Å². The van der Waals surface area contributed by atoms with E-state index >= 15 is 0 Å². The summed E-state index contributed by atoms with van der Waals surface area (Å²) in [4.78, 5) is 17.1. The molecular weight excluding hydrogens is 400 g/mol. The van der Waals surface area contributed by atoms with Gasteiger partial charge in [-0.15, -0.1) is 0 Å². The van der Waals surface area contributed by atoms with Gasteiger partial charge in [0, 0.05) is 11.9 Å². The number of hydrogen-bond donors (Lipinski definition) is 1. The molecule has 0 fully saturated rings. The first kappa shape index (κ1) is 20.7. The fraction of sp³-hybridized carbons (Fsp3) is 0.263. The molecule has 3 rings (SSSR count). The number of hydrogen-bond acceptors (Lipinski definition) is 2. The normalized spacial score (nSPS) is 12.4. The number of fused-ring (bicyclic) bond motifs is 1. The van der Waals surface area contributed by atoms with Crippen LogP contribution in [-0.2, 0) is 18.8 Å². The molecule has 0 aliphatic carbocycles. The van der Waals surface area contributed by atoms with E-state index in [0.717, 1.165) is 5.56 Å². The van der Waals surface area contributed by atoms with Crippen LogP contribution < -0.4 is 5.32 Å². The number of carbonyl (C=O) groups is 1. The zero-order valence-electron chi connectivity index (χ0n) is 15.2. The van der Waals surface area contributed by atoms with Gasteiger partial charge in [-0.25, -0.2) is 4.98 Å². The summed E-state index contributed by atoms with van der Waals surface area (Å²) in [5.74, 6) is -0.854. The topological polar surface area (TPSA) is 46.4 Å². The molecule has 154 valence electrons. The van der Waals surface area contributed by atoms with Gasteiger partial charge in [0.25, 0.3) is 5.91 Å². The summed E-state index contributed by atoms with van der Waals surface area (Å²) in [5, 5.41) is 2.16. The van der Waals surface area contributed by atoms with Gasteiger partial charge in [0.2, 0.25) is 0 Å². The lowest BCUT2D eigenvalue weighted by Gasteiger charge is -2.15. The Labute approximate surface area is 161 Å². The zero-order valence-corrected chi connectivity index (χ0v) is 15.2. The van der Waals surface area contributed by atoms with Crippen LogP contribution in [0.1, 0.15) is 39.8 Å². The molecule has 2 heterocycles. The predicted molar refractivity (Wildman–Crippen MR) is 93.7 cm³/mol. The lowest BCUT2D eigenvalue weighted by atomic mass is 10.1. The highest BCUT2D eigenvalue weighted by Crippen LogP contribution is 2.37. The maximum atomic E-state index is 13.0. The van der Waals surface area contributed by atoms with E-state index in [0.29, 0.717) is 29.9 Å². The quantitative estimate of drug-likeness (QED) is 0.575. The van der Waals surface area contributed by atoms with Crippen LogP contribution in [0.2, 0.25) is 0 Å². The van der Waals surface area contributed by atoms with Gasteiger partial charge in [-0.3, -0.25) is 9.20 Å². The first-order valence-electron chi connectivity index (χ1n) is 8.48. The maximum Gasteiger partial charge on any atom is 0.416 e. The Bertz CT molecular complexity index is 1050. The monoisotopic (exact) mass is 415 g/mol. The van der Waals surface area contributed by atoms with Crippen molar-refractivity contribution in [1.82, 2.24) is 9.38 Å². The van der Waals surface area contributed by atoms with Crippen molar-refractivity contribution in [3.05, 3.63) is 64.6 Å². The minimum atomic E-state index is -5.00. The highest BCUT2D eigenvalue weighted by atomic mass is 19.4. The molecule has 2 aromatic heterocycles. The van der Waals surface area contributed by atoms with Crippen LogP contribution in [0.5, 0.6) is 0 Å². The highest BCUT2D eigenvalue weighted by molar-refractivity contribution is 6.04. The van der Waals surface area contributed by atoms with Gasteiger partial charge in [0.05, 0.1) is 16.8 Å². The molecule has 0 atom stereocenters. The number of pyridine rings is 1. The van der Waals surface area contributed by atoms with E-state index in [2.05, 4.69) is 10.3 Å². The largest absolute Gasteiger partial charge is 0.416 e. The van der Waals surface area contributed by atoms with Crippen molar-refractivity contribution < 1.29 is 31.1 Å². The first-order valence-corrected chi connectivity index (χ1v) is 8.48. The number of aryl methyl sites for hydroxylation is 2. The average Bonchev–Trinajstić information content (AvgIpc) is 2.97. The predicted octanol–water partition coefficient (Wildman–Crippen LogP) is 5.50. The fourth-order valence-electron chi connectivity index (χ4n) is 2.90. The molecule has 0 bridgehead atoms. The maximum absolute atomic E-state index is 13.0. The molecular formula is C19H15F6N3O. The molecule has 1 aromatic carbocycles. The van der Waals surface area contributed by atoms with Crippen molar-refractivity contribution in [3.8, 4) is 0 Å². The summed E-state index contributed by atoms with van der Waals surface area (Å²) in [6.45, 7) is 3.51. The standard InChI is InChI=1S/C19H15F6N3O/c1-3-14-16(28-9-10(2)4-5-15(28)27-14)17(29)26-13-7-11(18(20,21)22)6-12(8-13)19(23,24)25/h4-9H,3H2,1-2H3,(H,26,29). The summed E-state index contributed by atoms with van der Waals surface area (Å²) in [6, 6.07) is 4.37. The minimum Gasteiger partial charge on any atom is -0.321 e. The molecule has 4 nitrogen and oxygen atoms in total. The molecule has 0 unspecified atom stereocenters. The number of anilines is 1. The van der Waals surface area contributed by atoms with Gasteiger partial charge in [0.15, 0.2) is 0 Å². The third kappa shape index (κ3) is 4.20. The Morgan fingerprint density at radius 1 is 1.03 bits per heavy atom. The lowest BCUT2D eigenvalue weighted by Crippen LogP contribution is -2.18. The number of nitrogens with zero attached hydrogens (tertiary/aromatic N) is 2. The smallest absolute Gasteiger partial charge is 0.321 e. The van der Waals surface area contributed by atoms with Crippen molar-refractivity contribution in [3.63, 3.8) is 0 Å². The number of imidazole rings is 1. The van der Waals surface area contributed by atoms with Crippen LogP contribution in [0.4, 0.5) is 32.0 Å². The van der Waals surface area contributed by atoms with Gasteiger partial charge in [-0.05, 0) is 43.2 Å². The number of halogens is 6. The Kier molecular flexibility index (Phi) is 5.06. The molecule has 29 heavy (non-hydrogen) atoms. The van der Waals surface area contributed by atoms with E-state index in [9.17, 15) is 31.1 Å². The summed E-state index contributed by atoms with van der Waals surface area (Å²) in [6.07, 6.45) is -8.05. The number of benzene rings is 1. The summed E-state index contributed by atoms with van der Waals surface area (Å²) in [5.41, 5.74) is -1.96. The molecule has 3 aromatic rings. The van der Waals surface area contributed by atoms with Crippen molar-refractivity contribution >= 4 is 17.2 Å². The molecule has 10 heteroatoms. The van der Waals surface area contributed by atoms with Crippen molar-refractivity contribution in [2.24, 2.45) is 0 Å². The van der Waals surface area contributed by atoms with Gasteiger partial charge < -0.3 is 5.32 Å². The SMILES string of the molecule is CCc1nc2ccc(C)cn2c1C(=O)Nc1cc(C(F)(F)F)cc(C(F)(F)F)c1. The third-order valence-electron chi connectivity index (χ3n) is 4.23. The Morgan fingerprint density at radius 2 is 1.62 bits per heavy atom. The fourth-order valence-corrected chi connectivity index (χ4v) is 2.90. The average molecular weight is 415 g/mol. The second-order valence-electron chi connectivity index (χ2n) is 6.44. The van der Waals surface area contributed by atoms with E-state index in [1.54, 1.807) is 32.2 Å².